The van der Waals surface area contributed by atoms with Crippen molar-refractivity contribution < 1.29 is 52.8 Å². The van der Waals surface area contributed by atoms with Crippen LogP contribution in [-0.2, 0) is 23.1 Å². The second kappa shape index (κ2) is 10.8. The first kappa shape index (κ1) is 29.4. The van der Waals surface area contributed by atoms with E-state index in [1.165, 1.54) is 0 Å². The van der Waals surface area contributed by atoms with Crippen molar-refractivity contribution in [1.82, 2.24) is 34.1 Å². The van der Waals surface area contributed by atoms with Gasteiger partial charge < -0.3 is 50.8 Å². The highest BCUT2D eigenvalue weighted by atomic mass is 31.2. The van der Waals surface area contributed by atoms with E-state index < -0.39 is 81.5 Å². The Labute approximate surface area is 237 Å². The molecular weight excluding hydrogens is 604 g/mol. The van der Waals surface area contributed by atoms with Gasteiger partial charge in [-0.3, -0.25) is 23.4 Å². The lowest BCUT2D eigenvalue weighted by molar-refractivity contribution is -0.0615. The van der Waals surface area contributed by atoms with Gasteiger partial charge >= 0.3 is 7.82 Å². The Morgan fingerprint density at radius 2 is 1.79 bits per heavy atom. The Morgan fingerprint density at radius 1 is 1.05 bits per heavy atom. The summed E-state index contributed by atoms with van der Waals surface area (Å²) in [5, 5.41) is 41.4. The number of halogens is 1. The van der Waals surface area contributed by atoms with Crippen LogP contribution in [0, 0.1) is 5.82 Å². The fourth-order valence-electron chi connectivity index (χ4n) is 5.04. The second-order valence-electron chi connectivity index (χ2n) is 9.74. The van der Waals surface area contributed by atoms with Gasteiger partial charge in [-0.25, -0.2) is 23.9 Å². The van der Waals surface area contributed by atoms with E-state index in [9.17, 15) is 39.1 Å². The number of phosphoric ester groups is 1. The van der Waals surface area contributed by atoms with Crippen LogP contribution >= 0.6 is 7.82 Å². The Kier molecular flexibility index (Phi) is 7.41. The lowest BCUT2D eigenvalue weighted by Gasteiger charge is -2.24. The van der Waals surface area contributed by atoms with Crippen LogP contribution in [0.25, 0.3) is 22.2 Å². The van der Waals surface area contributed by atoms with Crippen LogP contribution in [0.4, 0.5) is 16.2 Å². The number of nitrogens with one attached hydrogen (secondary N) is 1. The van der Waals surface area contributed by atoms with Gasteiger partial charge in [0.15, 0.2) is 35.1 Å². The van der Waals surface area contributed by atoms with E-state index in [0.29, 0.717) is 0 Å². The molecule has 2 saturated heterocycles. The molecule has 0 bridgehead atoms. The summed E-state index contributed by atoms with van der Waals surface area (Å²) in [6, 6.07) is 0. The van der Waals surface area contributed by atoms with Crippen molar-refractivity contribution in [1.29, 1.82) is 0 Å². The molecule has 43 heavy (non-hydrogen) atoms. The van der Waals surface area contributed by atoms with Gasteiger partial charge in [0.2, 0.25) is 5.95 Å². The van der Waals surface area contributed by atoms with Crippen molar-refractivity contribution >= 4 is 41.8 Å². The predicted octanol–water partition coefficient (Wildman–Crippen LogP) is -2.76. The van der Waals surface area contributed by atoms with Crippen LogP contribution in [0.3, 0.4) is 0 Å². The van der Waals surface area contributed by atoms with E-state index in [4.69, 9.17) is 30.0 Å². The third kappa shape index (κ3) is 5.04. The van der Waals surface area contributed by atoms with Crippen molar-refractivity contribution in [2.75, 3.05) is 24.7 Å². The van der Waals surface area contributed by atoms with Gasteiger partial charge in [0.05, 0.1) is 24.9 Å². The number of rotatable bonds is 8. The number of phosphoric acid groups is 1. The molecule has 0 spiro atoms. The number of aromatic amines is 1. The molecule has 2 fully saturated rings. The number of imidazole rings is 1. The first-order chi connectivity index (χ1) is 20.4. The van der Waals surface area contributed by atoms with Crippen LogP contribution in [0.5, 0.6) is 0 Å². The lowest BCUT2D eigenvalue weighted by atomic mass is 10.1. The molecule has 4 aromatic rings. The van der Waals surface area contributed by atoms with Gasteiger partial charge in [0.1, 0.15) is 48.8 Å². The number of aromatic nitrogens is 7. The third-order valence-electron chi connectivity index (χ3n) is 7.08. The highest BCUT2D eigenvalue weighted by Gasteiger charge is 2.50. The van der Waals surface area contributed by atoms with Gasteiger partial charge in [-0.05, 0) is 0 Å². The number of nitrogens with two attached hydrogens (primary N) is 2. The number of fused-ring (bicyclic) bond motifs is 2. The third-order valence-corrected chi connectivity index (χ3v) is 8.06. The Bertz CT molecular complexity index is 1780. The predicted molar refractivity (Wildman–Crippen MR) is 138 cm³/mol. The number of aliphatic hydroxyl groups excluding tert-OH is 4. The van der Waals surface area contributed by atoms with Gasteiger partial charge in [0.25, 0.3) is 5.56 Å². The molecule has 2 aliphatic rings. The van der Waals surface area contributed by atoms with Crippen molar-refractivity contribution in [3.8, 4) is 0 Å². The maximum absolute atomic E-state index is 14.5. The molecule has 0 saturated carbocycles. The van der Waals surface area contributed by atoms with Gasteiger partial charge in [-0.1, -0.05) is 0 Å². The average molecular weight is 629 g/mol. The fourth-order valence-corrected chi connectivity index (χ4v) is 5.97. The van der Waals surface area contributed by atoms with E-state index in [1.807, 2.05) is 0 Å². The van der Waals surface area contributed by atoms with Crippen molar-refractivity contribution in [2.24, 2.45) is 0 Å². The molecule has 9 atom stereocenters. The van der Waals surface area contributed by atoms with E-state index in [1.54, 1.807) is 0 Å². The highest BCUT2D eigenvalue weighted by Crippen LogP contribution is 2.50. The molecule has 10 N–H and O–H groups in total. The van der Waals surface area contributed by atoms with Crippen LogP contribution in [-0.4, -0.2) is 109 Å². The SMILES string of the molecule is Nc1nc2c(ncn2[C@@H]2O[C@H](CO)[C@@H](O)[C@H]2OP(=O)(O)OC[C@H]2O[C@@H](n3cc(F)c4c(N)ncnc43)[C@H](O)[C@@H]2O)c(=O)[nH]1. The zero-order valence-electron chi connectivity index (χ0n) is 21.6. The molecule has 20 nitrogen and oxygen atoms in total. The molecule has 0 aliphatic carbocycles. The number of hydrogen-bond donors (Lipinski definition) is 8. The molecule has 22 heteroatoms. The van der Waals surface area contributed by atoms with Crippen LogP contribution in [0.2, 0.25) is 0 Å². The van der Waals surface area contributed by atoms with Crippen molar-refractivity contribution in [2.45, 2.75) is 49.1 Å². The Morgan fingerprint density at radius 3 is 2.53 bits per heavy atom. The van der Waals surface area contributed by atoms with Crippen LogP contribution in [0.1, 0.15) is 12.5 Å². The standard InChI is InChI=1S/C21H25FN9O11P/c22-6-1-30(16-9(6)15(23)25-4-26-16)19-13(35)11(33)8(41-19)3-39-43(37,38)42-14-12(34)7(2-32)40-20(14)31-5-27-10-17(31)28-21(24)29-18(10)36/h1,4-5,7-8,11-14,19-20,32-35H,2-3H2,(H,37,38)(H2,23,25,26)(H3,24,28,29,36)/t7-,8-,11-,12-,13-,14-,19-,20-/m1/s1. The topological polar surface area (TPSA) is 301 Å². The number of aliphatic hydroxyl groups is 4. The van der Waals surface area contributed by atoms with Crippen LogP contribution < -0.4 is 17.0 Å². The summed E-state index contributed by atoms with van der Waals surface area (Å²) in [7, 11) is -5.11. The first-order valence-corrected chi connectivity index (χ1v) is 14.0. The molecule has 6 rings (SSSR count). The molecule has 6 heterocycles. The molecule has 0 amide bonds. The van der Waals surface area contributed by atoms with Gasteiger partial charge in [0, 0.05) is 6.20 Å². The number of hydrogen-bond acceptors (Lipinski definition) is 16. The fraction of sp³-hybridized carbons (Fsp3) is 0.476. The lowest BCUT2D eigenvalue weighted by Crippen LogP contribution is -2.36. The summed E-state index contributed by atoms with van der Waals surface area (Å²) in [4.78, 5) is 40.5. The number of anilines is 2. The van der Waals surface area contributed by atoms with E-state index in [2.05, 4.69) is 24.9 Å². The van der Waals surface area contributed by atoms with Gasteiger partial charge in [-0.2, -0.15) is 4.98 Å². The molecule has 0 radical (unpaired) electrons. The van der Waals surface area contributed by atoms with E-state index >= 15 is 0 Å². The maximum atomic E-state index is 14.5. The second-order valence-corrected chi connectivity index (χ2v) is 11.1. The Hall–Kier alpha value is -3.63. The maximum Gasteiger partial charge on any atom is 0.472 e. The largest absolute Gasteiger partial charge is 0.472 e. The smallest absolute Gasteiger partial charge is 0.394 e. The minimum Gasteiger partial charge on any atom is -0.394 e. The van der Waals surface area contributed by atoms with Gasteiger partial charge in [-0.15, -0.1) is 0 Å². The summed E-state index contributed by atoms with van der Waals surface area (Å²) in [6.45, 7) is -1.54. The zero-order valence-corrected chi connectivity index (χ0v) is 22.5. The average Bonchev–Trinajstić information content (AvgIpc) is 3.68. The number of nitrogens with zero attached hydrogens (tertiary/aromatic N) is 6. The summed E-state index contributed by atoms with van der Waals surface area (Å²) in [5.74, 6) is -1.25. The summed E-state index contributed by atoms with van der Waals surface area (Å²) in [5.41, 5.74) is 10.3. The summed E-state index contributed by atoms with van der Waals surface area (Å²) < 4.78 is 51.2. The van der Waals surface area contributed by atoms with E-state index in [-0.39, 0.29) is 34.0 Å². The summed E-state index contributed by atoms with van der Waals surface area (Å²) >= 11 is 0. The molecule has 0 aromatic carbocycles. The number of H-pyrrole nitrogens is 1. The molecule has 232 valence electrons. The zero-order chi connectivity index (χ0) is 30.8. The molecule has 4 aromatic heterocycles. The summed E-state index contributed by atoms with van der Waals surface area (Å²) in [6.07, 6.45) is -9.16. The number of nitrogen functional groups attached to an aromatic ring is 2. The van der Waals surface area contributed by atoms with Crippen LogP contribution in [0.15, 0.2) is 23.6 Å². The Balaban J connectivity index is 1.19. The molecule has 2 aliphatic heterocycles. The first-order valence-electron chi connectivity index (χ1n) is 12.5. The quantitative estimate of drug-likeness (QED) is 0.0915. The highest BCUT2D eigenvalue weighted by molar-refractivity contribution is 7.47. The monoisotopic (exact) mass is 629 g/mol. The minimum absolute atomic E-state index is 0.0380. The van der Waals surface area contributed by atoms with Crippen molar-refractivity contribution in [3.63, 3.8) is 0 Å². The molecular formula is C21H25FN9O11P. The minimum atomic E-state index is -5.11. The van der Waals surface area contributed by atoms with Crippen molar-refractivity contribution in [3.05, 3.63) is 35.0 Å². The molecule has 1 unspecified atom stereocenters. The normalized spacial score (nSPS) is 30.8. The number of ether oxygens (including phenoxy) is 2. The van der Waals surface area contributed by atoms with E-state index in [0.717, 1.165) is 28.0 Å².